The number of nitrogens with zero attached hydrogens (tertiary/aromatic N) is 1. The Hall–Kier alpha value is -0.670. The summed E-state index contributed by atoms with van der Waals surface area (Å²) < 4.78 is 24.3. The van der Waals surface area contributed by atoms with E-state index in [1.807, 2.05) is 0 Å². The van der Waals surface area contributed by atoms with Crippen molar-refractivity contribution in [3.05, 3.63) is 0 Å². The van der Waals surface area contributed by atoms with Crippen LogP contribution >= 0.6 is 0 Å². The van der Waals surface area contributed by atoms with Gasteiger partial charge in [-0.2, -0.15) is 0 Å². The predicted molar refractivity (Wildman–Crippen MR) is 36.4 cm³/mol. The van der Waals surface area contributed by atoms with E-state index in [-0.39, 0.29) is 5.91 Å². The number of rotatable bonds is 1. The van der Waals surface area contributed by atoms with Crippen LogP contribution in [0.4, 0.5) is 8.78 Å². The second-order valence-corrected chi connectivity index (χ2v) is 2.76. The molecular formula is C7H11F2NO. The number of amides is 1. The highest BCUT2D eigenvalue weighted by Gasteiger charge is 2.33. The molecule has 1 aliphatic rings. The lowest BCUT2D eigenvalue weighted by Gasteiger charge is -2.21. The van der Waals surface area contributed by atoms with Crippen LogP contribution in [0.15, 0.2) is 0 Å². The molecule has 1 rings (SSSR count). The second kappa shape index (κ2) is 3.15. The minimum absolute atomic E-state index is 0.243. The van der Waals surface area contributed by atoms with Gasteiger partial charge in [-0.1, -0.05) is 0 Å². The van der Waals surface area contributed by atoms with Crippen molar-refractivity contribution >= 4 is 5.91 Å². The number of carbonyl (C=O) groups excluding carboxylic acids is 1. The lowest BCUT2D eigenvalue weighted by Crippen LogP contribution is -2.38. The monoisotopic (exact) mass is 163 g/mol. The van der Waals surface area contributed by atoms with Gasteiger partial charge in [-0.05, 0) is 12.8 Å². The summed E-state index contributed by atoms with van der Waals surface area (Å²) in [6, 6.07) is -0.826. The first-order valence-electron chi connectivity index (χ1n) is 3.68. The van der Waals surface area contributed by atoms with Crippen LogP contribution in [0.5, 0.6) is 0 Å². The molecule has 0 aromatic heterocycles. The van der Waals surface area contributed by atoms with E-state index in [0.29, 0.717) is 19.4 Å². The Labute approximate surface area is 64.2 Å². The Morgan fingerprint density at radius 3 is 2.64 bits per heavy atom. The summed E-state index contributed by atoms with van der Waals surface area (Å²) in [6.07, 6.45) is -1.24. The van der Waals surface area contributed by atoms with Gasteiger partial charge in [0.15, 0.2) is 0 Å². The molecule has 1 heterocycles. The van der Waals surface area contributed by atoms with Gasteiger partial charge in [0.1, 0.15) is 0 Å². The van der Waals surface area contributed by atoms with Crippen LogP contribution in [0.2, 0.25) is 0 Å². The van der Waals surface area contributed by atoms with Crippen LogP contribution in [0.3, 0.4) is 0 Å². The van der Waals surface area contributed by atoms with E-state index in [0.717, 1.165) is 0 Å². The van der Waals surface area contributed by atoms with Crippen molar-refractivity contribution in [2.24, 2.45) is 0 Å². The van der Waals surface area contributed by atoms with Crippen LogP contribution in [-0.2, 0) is 4.79 Å². The zero-order valence-electron chi connectivity index (χ0n) is 6.39. The first kappa shape index (κ1) is 8.43. The summed E-state index contributed by atoms with van der Waals surface area (Å²) in [5.74, 6) is -0.243. The topological polar surface area (TPSA) is 20.3 Å². The highest BCUT2D eigenvalue weighted by atomic mass is 19.3. The van der Waals surface area contributed by atoms with Crippen molar-refractivity contribution in [3.8, 4) is 0 Å². The van der Waals surface area contributed by atoms with Gasteiger partial charge in [0.05, 0.1) is 6.04 Å². The van der Waals surface area contributed by atoms with Gasteiger partial charge in [0.2, 0.25) is 5.91 Å². The number of alkyl halides is 2. The van der Waals surface area contributed by atoms with Crippen LogP contribution in [0, 0.1) is 0 Å². The molecule has 0 aromatic rings. The minimum Gasteiger partial charge on any atom is -0.334 e. The normalized spacial score (nSPS) is 24.7. The third-order valence-corrected chi connectivity index (χ3v) is 1.99. The second-order valence-electron chi connectivity index (χ2n) is 2.76. The van der Waals surface area contributed by atoms with E-state index in [1.165, 1.54) is 11.8 Å². The van der Waals surface area contributed by atoms with E-state index in [9.17, 15) is 13.6 Å². The minimum atomic E-state index is -2.39. The Morgan fingerprint density at radius 2 is 2.27 bits per heavy atom. The molecule has 0 bridgehead atoms. The lowest BCUT2D eigenvalue weighted by atomic mass is 10.2. The number of likely N-dealkylation sites (tertiary alicyclic amines) is 1. The van der Waals surface area contributed by atoms with Crippen molar-refractivity contribution in [2.45, 2.75) is 32.2 Å². The average Bonchev–Trinajstić information content (AvgIpc) is 2.32. The maximum atomic E-state index is 12.2. The molecule has 1 fully saturated rings. The van der Waals surface area contributed by atoms with E-state index >= 15 is 0 Å². The number of carbonyl (C=O) groups is 1. The maximum absolute atomic E-state index is 12.2. The van der Waals surface area contributed by atoms with Crippen molar-refractivity contribution < 1.29 is 13.6 Å². The molecule has 0 radical (unpaired) electrons. The molecular weight excluding hydrogens is 152 g/mol. The summed E-state index contributed by atoms with van der Waals surface area (Å²) in [5.41, 5.74) is 0. The molecule has 4 heteroatoms. The molecule has 64 valence electrons. The Kier molecular flexibility index (Phi) is 2.42. The Morgan fingerprint density at radius 1 is 1.64 bits per heavy atom. The first-order valence-corrected chi connectivity index (χ1v) is 3.68. The molecule has 1 amide bonds. The lowest BCUT2D eigenvalue weighted by molar-refractivity contribution is -0.132. The molecule has 0 aliphatic carbocycles. The van der Waals surface area contributed by atoms with Crippen molar-refractivity contribution in [3.63, 3.8) is 0 Å². The van der Waals surface area contributed by atoms with Gasteiger partial charge in [-0.25, -0.2) is 8.78 Å². The van der Waals surface area contributed by atoms with Crippen LogP contribution in [0.1, 0.15) is 19.8 Å². The van der Waals surface area contributed by atoms with Crippen LogP contribution in [-0.4, -0.2) is 29.8 Å². The molecule has 0 N–H and O–H groups in total. The summed E-state index contributed by atoms with van der Waals surface area (Å²) in [4.78, 5) is 12.0. The summed E-state index contributed by atoms with van der Waals surface area (Å²) in [7, 11) is 0. The van der Waals surface area contributed by atoms with Crippen LogP contribution < -0.4 is 0 Å². The fourth-order valence-corrected chi connectivity index (χ4v) is 1.45. The molecule has 0 saturated carbocycles. The van der Waals surface area contributed by atoms with E-state index in [2.05, 4.69) is 0 Å². The van der Waals surface area contributed by atoms with E-state index in [4.69, 9.17) is 0 Å². The van der Waals surface area contributed by atoms with Crippen molar-refractivity contribution in [1.29, 1.82) is 0 Å². The smallest absolute Gasteiger partial charge is 0.258 e. The van der Waals surface area contributed by atoms with Gasteiger partial charge in [-0.3, -0.25) is 4.79 Å². The Bertz CT molecular complexity index is 161. The molecule has 11 heavy (non-hydrogen) atoms. The van der Waals surface area contributed by atoms with Gasteiger partial charge in [0.25, 0.3) is 6.43 Å². The van der Waals surface area contributed by atoms with Crippen LogP contribution in [0.25, 0.3) is 0 Å². The summed E-state index contributed by atoms with van der Waals surface area (Å²) >= 11 is 0. The third-order valence-electron chi connectivity index (χ3n) is 1.99. The van der Waals surface area contributed by atoms with Gasteiger partial charge in [-0.15, -0.1) is 0 Å². The fourth-order valence-electron chi connectivity index (χ4n) is 1.45. The predicted octanol–water partition coefficient (Wildman–Crippen LogP) is 1.26. The zero-order chi connectivity index (χ0) is 8.43. The zero-order valence-corrected chi connectivity index (χ0v) is 6.39. The maximum Gasteiger partial charge on any atom is 0.258 e. The molecule has 1 unspecified atom stereocenters. The first-order chi connectivity index (χ1) is 5.13. The Balaban J connectivity index is 2.58. The summed E-state index contributed by atoms with van der Waals surface area (Å²) in [6.45, 7) is 1.82. The number of hydrogen-bond donors (Lipinski definition) is 0. The highest BCUT2D eigenvalue weighted by Crippen LogP contribution is 2.22. The van der Waals surface area contributed by atoms with Crippen molar-refractivity contribution in [2.75, 3.05) is 6.54 Å². The molecule has 1 atom stereocenters. The molecule has 1 saturated heterocycles. The van der Waals surface area contributed by atoms with E-state index in [1.54, 1.807) is 0 Å². The molecule has 1 aliphatic heterocycles. The van der Waals surface area contributed by atoms with Gasteiger partial charge in [0, 0.05) is 13.5 Å². The van der Waals surface area contributed by atoms with Gasteiger partial charge < -0.3 is 4.90 Å². The van der Waals surface area contributed by atoms with E-state index < -0.39 is 12.5 Å². The fraction of sp³-hybridized carbons (Fsp3) is 0.857. The summed E-state index contributed by atoms with van der Waals surface area (Å²) in [5, 5.41) is 0. The van der Waals surface area contributed by atoms with Crippen molar-refractivity contribution in [1.82, 2.24) is 4.90 Å². The highest BCUT2D eigenvalue weighted by molar-refractivity contribution is 5.73. The number of hydrogen-bond acceptors (Lipinski definition) is 1. The molecule has 0 aromatic carbocycles. The largest absolute Gasteiger partial charge is 0.334 e. The molecule has 0 spiro atoms. The average molecular weight is 163 g/mol. The SMILES string of the molecule is CC(=O)N1CCCC1C(F)F. The quantitative estimate of drug-likeness (QED) is 0.570. The molecule has 2 nitrogen and oxygen atoms in total. The number of halogens is 2. The third kappa shape index (κ3) is 1.67. The standard InChI is InChI=1S/C7H11F2NO/c1-5(11)10-4-2-3-6(10)7(8)9/h6-7H,2-4H2,1H3. The van der Waals surface area contributed by atoms with Gasteiger partial charge >= 0.3 is 0 Å².